The lowest BCUT2D eigenvalue weighted by Crippen LogP contribution is -2.15. The molecule has 0 amide bonds. The van der Waals surface area contributed by atoms with E-state index in [4.69, 9.17) is 16.3 Å². The fourth-order valence-corrected chi connectivity index (χ4v) is 2.46. The Hall–Kier alpha value is -1.03. The van der Waals surface area contributed by atoms with Crippen molar-refractivity contribution in [2.75, 3.05) is 0 Å². The first-order chi connectivity index (χ1) is 9.72. The van der Waals surface area contributed by atoms with Crippen molar-refractivity contribution in [2.45, 2.75) is 25.4 Å². The summed E-state index contributed by atoms with van der Waals surface area (Å²) in [6.07, 6.45) is 2.56. The van der Waals surface area contributed by atoms with Crippen LogP contribution in [-0.4, -0.2) is 6.04 Å². The van der Waals surface area contributed by atoms with E-state index in [0.29, 0.717) is 16.8 Å². The minimum Gasteiger partial charge on any atom is -0.455 e. The SMILES string of the molecule is Clc1ccc(Br)cc1Oc1ccccc1CNC1CC1. The van der Waals surface area contributed by atoms with Gasteiger partial charge in [0.1, 0.15) is 11.5 Å². The van der Waals surface area contributed by atoms with Crippen LogP contribution in [0.3, 0.4) is 0 Å². The molecule has 2 aromatic rings. The Kier molecular flexibility index (Phi) is 4.29. The van der Waals surface area contributed by atoms with E-state index in [1.54, 1.807) is 0 Å². The molecule has 0 unspecified atom stereocenters. The highest BCUT2D eigenvalue weighted by Crippen LogP contribution is 2.33. The average Bonchev–Trinajstić information content (AvgIpc) is 3.26. The number of para-hydroxylation sites is 1. The second-order valence-corrected chi connectivity index (χ2v) is 6.26. The van der Waals surface area contributed by atoms with Crippen LogP contribution >= 0.6 is 27.5 Å². The van der Waals surface area contributed by atoms with Gasteiger partial charge in [0.15, 0.2) is 0 Å². The Morgan fingerprint density at radius 3 is 2.75 bits per heavy atom. The van der Waals surface area contributed by atoms with Gasteiger partial charge < -0.3 is 10.1 Å². The number of rotatable bonds is 5. The summed E-state index contributed by atoms with van der Waals surface area (Å²) >= 11 is 9.61. The molecule has 2 nitrogen and oxygen atoms in total. The molecule has 0 spiro atoms. The van der Waals surface area contributed by atoms with Crippen LogP contribution in [0, 0.1) is 0 Å². The van der Waals surface area contributed by atoms with E-state index >= 15 is 0 Å². The van der Waals surface area contributed by atoms with Gasteiger partial charge in [0.05, 0.1) is 5.02 Å². The van der Waals surface area contributed by atoms with Crippen LogP contribution in [0.5, 0.6) is 11.5 Å². The van der Waals surface area contributed by atoms with Gasteiger partial charge in [-0.25, -0.2) is 0 Å². The molecule has 1 N–H and O–H groups in total. The summed E-state index contributed by atoms with van der Waals surface area (Å²) in [7, 11) is 0. The fourth-order valence-electron chi connectivity index (χ4n) is 1.97. The molecule has 0 aliphatic heterocycles. The zero-order valence-corrected chi connectivity index (χ0v) is 13.2. The summed E-state index contributed by atoms with van der Waals surface area (Å²) in [4.78, 5) is 0. The lowest BCUT2D eigenvalue weighted by molar-refractivity contribution is 0.472. The van der Waals surface area contributed by atoms with Gasteiger partial charge in [-0.15, -0.1) is 0 Å². The number of ether oxygens (including phenoxy) is 1. The van der Waals surface area contributed by atoms with Crippen LogP contribution in [0.15, 0.2) is 46.9 Å². The molecule has 0 saturated heterocycles. The zero-order chi connectivity index (χ0) is 13.9. The maximum absolute atomic E-state index is 6.17. The van der Waals surface area contributed by atoms with Crippen LogP contribution in [0.25, 0.3) is 0 Å². The molecule has 104 valence electrons. The Labute approximate surface area is 132 Å². The Balaban J connectivity index is 1.80. The number of benzene rings is 2. The summed E-state index contributed by atoms with van der Waals surface area (Å²) in [6, 6.07) is 14.3. The lowest BCUT2D eigenvalue weighted by atomic mass is 10.2. The van der Waals surface area contributed by atoms with Crippen LogP contribution in [-0.2, 0) is 6.54 Å². The van der Waals surface area contributed by atoms with Crippen molar-refractivity contribution in [3.63, 3.8) is 0 Å². The summed E-state index contributed by atoms with van der Waals surface area (Å²) in [5, 5.41) is 4.11. The Morgan fingerprint density at radius 1 is 1.15 bits per heavy atom. The Morgan fingerprint density at radius 2 is 1.95 bits per heavy atom. The van der Waals surface area contributed by atoms with Crippen molar-refractivity contribution in [3.8, 4) is 11.5 Å². The van der Waals surface area contributed by atoms with Crippen molar-refractivity contribution in [1.29, 1.82) is 0 Å². The van der Waals surface area contributed by atoms with Crippen LogP contribution < -0.4 is 10.1 Å². The first-order valence-electron chi connectivity index (χ1n) is 6.66. The van der Waals surface area contributed by atoms with Gasteiger partial charge in [-0.05, 0) is 37.1 Å². The van der Waals surface area contributed by atoms with Crippen LogP contribution in [0.4, 0.5) is 0 Å². The fraction of sp³-hybridized carbons (Fsp3) is 0.250. The molecule has 0 heterocycles. The lowest BCUT2D eigenvalue weighted by Gasteiger charge is -2.13. The summed E-state index contributed by atoms with van der Waals surface area (Å²) in [5.74, 6) is 1.51. The van der Waals surface area contributed by atoms with Crippen molar-refractivity contribution in [2.24, 2.45) is 0 Å². The van der Waals surface area contributed by atoms with E-state index in [9.17, 15) is 0 Å². The monoisotopic (exact) mass is 351 g/mol. The molecule has 4 heteroatoms. The Bertz CT molecular complexity index is 613. The molecule has 0 aromatic heterocycles. The van der Waals surface area contributed by atoms with E-state index in [0.717, 1.165) is 22.3 Å². The molecule has 1 fully saturated rings. The standard InChI is InChI=1S/C16H15BrClNO/c17-12-5-8-14(18)16(9-12)20-15-4-2-1-3-11(15)10-19-13-6-7-13/h1-5,8-9,13,19H,6-7,10H2. The highest BCUT2D eigenvalue weighted by atomic mass is 79.9. The van der Waals surface area contributed by atoms with Gasteiger partial charge in [0.25, 0.3) is 0 Å². The molecule has 1 aliphatic carbocycles. The molecule has 1 saturated carbocycles. The second-order valence-electron chi connectivity index (χ2n) is 4.94. The third-order valence-electron chi connectivity index (χ3n) is 3.24. The molecule has 0 radical (unpaired) electrons. The van der Waals surface area contributed by atoms with Crippen LogP contribution in [0.2, 0.25) is 5.02 Å². The molecular formula is C16H15BrClNO. The average molecular weight is 353 g/mol. The predicted molar refractivity (Wildman–Crippen MR) is 85.5 cm³/mol. The quantitative estimate of drug-likeness (QED) is 0.804. The summed E-state index contributed by atoms with van der Waals surface area (Å²) in [6.45, 7) is 0.826. The molecule has 3 rings (SSSR count). The maximum atomic E-state index is 6.17. The minimum absolute atomic E-state index is 0.609. The minimum atomic E-state index is 0.609. The third kappa shape index (κ3) is 3.54. The van der Waals surface area contributed by atoms with E-state index in [1.807, 2.05) is 36.4 Å². The van der Waals surface area contributed by atoms with Crippen molar-refractivity contribution >= 4 is 27.5 Å². The predicted octanol–water partition coefficient (Wildman–Crippen LogP) is 5.15. The van der Waals surface area contributed by atoms with Gasteiger partial charge in [-0.2, -0.15) is 0 Å². The van der Waals surface area contributed by atoms with Gasteiger partial charge >= 0.3 is 0 Å². The van der Waals surface area contributed by atoms with Crippen LogP contribution in [0.1, 0.15) is 18.4 Å². The van der Waals surface area contributed by atoms with E-state index in [2.05, 4.69) is 27.3 Å². The van der Waals surface area contributed by atoms with E-state index in [-0.39, 0.29) is 0 Å². The summed E-state index contributed by atoms with van der Waals surface area (Å²) < 4.78 is 6.92. The highest BCUT2D eigenvalue weighted by Gasteiger charge is 2.20. The molecular weight excluding hydrogens is 338 g/mol. The van der Waals surface area contributed by atoms with Crippen molar-refractivity contribution in [1.82, 2.24) is 5.32 Å². The van der Waals surface area contributed by atoms with E-state index in [1.165, 1.54) is 12.8 Å². The van der Waals surface area contributed by atoms with Gasteiger partial charge in [0, 0.05) is 22.6 Å². The first-order valence-corrected chi connectivity index (χ1v) is 7.83. The second kappa shape index (κ2) is 6.17. The summed E-state index contributed by atoms with van der Waals surface area (Å²) in [5.41, 5.74) is 1.15. The van der Waals surface area contributed by atoms with Gasteiger partial charge in [-0.3, -0.25) is 0 Å². The number of hydrogen-bond acceptors (Lipinski definition) is 2. The molecule has 2 aromatic carbocycles. The molecule has 1 aliphatic rings. The number of hydrogen-bond donors (Lipinski definition) is 1. The number of nitrogens with one attached hydrogen (secondary N) is 1. The largest absolute Gasteiger partial charge is 0.455 e. The maximum Gasteiger partial charge on any atom is 0.147 e. The van der Waals surface area contributed by atoms with Gasteiger partial charge in [-0.1, -0.05) is 45.7 Å². The van der Waals surface area contributed by atoms with Gasteiger partial charge in [0.2, 0.25) is 0 Å². The molecule has 20 heavy (non-hydrogen) atoms. The third-order valence-corrected chi connectivity index (χ3v) is 4.05. The smallest absolute Gasteiger partial charge is 0.147 e. The van der Waals surface area contributed by atoms with Crippen molar-refractivity contribution in [3.05, 3.63) is 57.5 Å². The highest BCUT2D eigenvalue weighted by molar-refractivity contribution is 9.10. The normalized spacial score (nSPS) is 14.3. The number of halogens is 2. The topological polar surface area (TPSA) is 21.3 Å². The van der Waals surface area contributed by atoms with Crippen molar-refractivity contribution < 1.29 is 4.74 Å². The first kappa shape index (κ1) is 13.9. The molecule has 0 bridgehead atoms. The van der Waals surface area contributed by atoms with E-state index < -0.39 is 0 Å². The molecule has 0 atom stereocenters. The zero-order valence-electron chi connectivity index (χ0n) is 10.9.